The number of nitrogens with zero attached hydrogens (tertiary/aromatic N) is 2. The van der Waals surface area contributed by atoms with E-state index in [4.69, 9.17) is 4.74 Å². The number of ketones is 1. The molecular formula is C19H29N3O4S. The van der Waals surface area contributed by atoms with Crippen molar-refractivity contribution in [2.75, 3.05) is 5.32 Å². The summed E-state index contributed by atoms with van der Waals surface area (Å²) in [6.07, 6.45) is 0.245. The summed E-state index contributed by atoms with van der Waals surface area (Å²) in [7, 11) is 0. The highest BCUT2D eigenvalue weighted by Gasteiger charge is 2.47. The minimum absolute atomic E-state index is 0.0772. The number of likely N-dealkylation sites (tertiary alicyclic amines) is 1. The minimum Gasteiger partial charge on any atom is -0.444 e. The molecule has 0 saturated carbocycles. The van der Waals surface area contributed by atoms with Gasteiger partial charge in [-0.25, -0.2) is 9.78 Å². The molecule has 2 amide bonds. The molecule has 2 rings (SSSR count). The average Bonchev–Trinajstić information content (AvgIpc) is 2.79. The number of carbonyl (C=O) groups excluding carboxylic acids is 3. The third-order valence-corrected chi connectivity index (χ3v) is 5.02. The monoisotopic (exact) mass is 395 g/mol. The van der Waals surface area contributed by atoms with Gasteiger partial charge in [-0.15, -0.1) is 11.3 Å². The van der Waals surface area contributed by atoms with Crippen LogP contribution in [0.15, 0.2) is 5.38 Å². The summed E-state index contributed by atoms with van der Waals surface area (Å²) in [5, 5.41) is 4.72. The number of thiazole rings is 1. The van der Waals surface area contributed by atoms with Crippen LogP contribution in [0.2, 0.25) is 0 Å². The van der Waals surface area contributed by atoms with E-state index >= 15 is 0 Å². The van der Waals surface area contributed by atoms with E-state index in [1.165, 1.54) is 11.3 Å². The number of anilines is 1. The Morgan fingerprint density at radius 1 is 1.22 bits per heavy atom. The molecule has 0 atom stereocenters. The molecule has 0 unspecified atom stereocenters. The zero-order valence-corrected chi connectivity index (χ0v) is 18.0. The van der Waals surface area contributed by atoms with E-state index in [0.29, 0.717) is 23.7 Å². The number of aromatic nitrogens is 1. The molecule has 150 valence electrons. The lowest BCUT2D eigenvalue weighted by molar-refractivity contribution is -0.152. The number of Topliss-reactive ketones (excluding diaryl/α,β-unsaturated/α-hetero) is 1. The molecule has 0 spiro atoms. The van der Waals surface area contributed by atoms with Crippen LogP contribution in [-0.4, -0.2) is 44.3 Å². The number of hydrogen-bond donors (Lipinski definition) is 1. The number of piperidine rings is 1. The zero-order valence-electron chi connectivity index (χ0n) is 17.1. The van der Waals surface area contributed by atoms with Gasteiger partial charge in [-0.2, -0.15) is 0 Å². The third kappa shape index (κ3) is 5.51. The molecule has 7 nitrogen and oxygen atoms in total. The normalized spacial score (nSPS) is 18.9. The van der Waals surface area contributed by atoms with Crippen LogP contribution in [0.5, 0.6) is 0 Å². The van der Waals surface area contributed by atoms with Gasteiger partial charge in [0.2, 0.25) is 5.91 Å². The maximum atomic E-state index is 13.0. The van der Waals surface area contributed by atoms with Gasteiger partial charge in [0, 0.05) is 29.3 Å². The maximum absolute atomic E-state index is 13.0. The number of nitrogens with one attached hydrogen (secondary N) is 1. The third-order valence-electron chi connectivity index (χ3n) is 4.21. The summed E-state index contributed by atoms with van der Waals surface area (Å²) in [5.41, 5.74) is -1.09. The standard InChI is InChI=1S/C19H29N3O4S/c1-17(2,3)26-16(25)21-15-20-12(11-27-15)8-14(24)22-18(4,5)9-13(23)10-19(22,6)7/h11H,8-10H2,1-7H3,(H,20,21,25). The van der Waals surface area contributed by atoms with E-state index in [0.717, 1.165) is 0 Å². The Bertz CT molecular complexity index is 726. The van der Waals surface area contributed by atoms with Crippen molar-refractivity contribution >= 4 is 34.3 Å². The van der Waals surface area contributed by atoms with Gasteiger partial charge in [-0.3, -0.25) is 14.9 Å². The maximum Gasteiger partial charge on any atom is 0.413 e. The molecule has 0 bridgehead atoms. The Labute approximate surface area is 164 Å². The summed E-state index contributed by atoms with van der Waals surface area (Å²) >= 11 is 1.24. The molecule has 1 aromatic rings. The Balaban J connectivity index is 2.07. The molecule has 0 aromatic carbocycles. The van der Waals surface area contributed by atoms with Gasteiger partial charge in [0.25, 0.3) is 0 Å². The van der Waals surface area contributed by atoms with Crippen molar-refractivity contribution in [3.8, 4) is 0 Å². The Hall–Kier alpha value is -1.96. The molecule has 8 heteroatoms. The van der Waals surface area contributed by atoms with E-state index in [9.17, 15) is 14.4 Å². The van der Waals surface area contributed by atoms with E-state index < -0.39 is 22.8 Å². The molecule has 0 radical (unpaired) electrons. The van der Waals surface area contributed by atoms with Crippen molar-refractivity contribution in [2.24, 2.45) is 0 Å². The number of hydrogen-bond acceptors (Lipinski definition) is 6. The summed E-state index contributed by atoms with van der Waals surface area (Å²) in [5.74, 6) is 0.0955. The first-order valence-corrected chi connectivity index (χ1v) is 9.87. The average molecular weight is 396 g/mol. The highest BCUT2D eigenvalue weighted by atomic mass is 32.1. The Kier molecular flexibility index (Phi) is 5.71. The lowest BCUT2D eigenvalue weighted by Crippen LogP contribution is -2.63. The van der Waals surface area contributed by atoms with E-state index in [2.05, 4.69) is 10.3 Å². The fraction of sp³-hybridized carbons (Fsp3) is 0.684. The second-order valence-corrected chi connectivity index (χ2v) is 10.1. The molecule has 1 aromatic heterocycles. The van der Waals surface area contributed by atoms with Crippen LogP contribution in [0.4, 0.5) is 9.93 Å². The fourth-order valence-electron chi connectivity index (χ4n) is 3.75. The quantitative estimate of drug-likeness (QED) is 0.841. The van der Waals surface area contributed by atoms with E-state index in [-0.39, 0.29) is 18.1 Å². The second-order valence-electron chi connectivity index (χ2n) is 9.19. The van der Waals surface area contributed by atoms with E-state index in [1.54, 1.807) is 26.2 Å². The second kappa shape index (κ2) is 7.22. The predicted octanol–water partition coefficient (Wildman–Crippen LogP) is 3.78. The SMILES string of the molecule is CC(C)(C)OC(=O)Nc1nc(CC(=O)N2C(C)(C)CC(=O)CC2(C)C)cs1. The van der Waals surface area contributed by atoms with Crippen LogP contribution in [0.1, 0.15) is 67.0 Å². The van der Waals surface area contributed by atoms with Crippen molar-refractivity contribution in [3.63, 3.8) is 0 Å². The molecule has 1 aliphatic heterocycles. The number of ether oxygens (including phenoxy) is 1. The van der Waals surface area contributed by atoms with Crippen molar-refractivity contribution in [3.05, 3.63) is 11.1 Å². The fourth-order valence-corrected chi connectivity index (χ4v) is 4.45. The highest BCUT2D eigenvalue weighted by Crippen LogP contribution is 2.37. The van der Waals surface area contributed by atoms with Gasteiger partial charge in [0.1, 0.15) is 11.4 Å². The molecule has 0 aliphatic carbocycles. The first-order chi connectivity index (χ1) is 12.2. The van der Waals surface area contributed by atoms with Crippen LogP contribution in [0.25, 0.3) is 0 Å². The van der Waals surface area contributed by atoms with Gasteiger partial charge >= 0.3 is 6.09 Å². The van der Waals surface area contributed by atoms with Gasteiger partial charge < -0.3 is 9.64 Å². The van der Waals surface area contributed by atoms with Crippen LogP contribution < -0.4 is 5.32 Å². The molecule has 1 fully saturated rings. The lowest BCUT2D eigenvalue weighted by Gasteiger charge is -2.52. The lowest BCUT2D eigenvalue weighted by atomic mass is 9.78. The number of carbonyl (C=O) groups is 3. The van der Waals surface area contributed by atoms with Crippen LogP contribution in [-0.2, 0) is 20.7 Å². The number of rotatable bonds is 3. The first-order valence-electron chi connectivity index (χ1n) is 8.99. The molecular weight excluding hydrogens is 366 g/mol. The van der Waals surface area contributed by atoms with Crippen molar-refractivity contribution < 1.29 is 19.1 Å². The molecule has 1 aliphatic rings. The van der Waals surface area contributed by atoms with Crippen molar-refractivity contribution in [2.45, 2.75) is 84.4 Å². The van der Waals surface area contributed by atoms with Gasteiger partial charge in [-0.05, 0) is 48.5 Å². The molecule has 2 heterocycles. The summed E-state index contributed by atoms with van der Waals surface area (Å²) in [6.45, 7) is 13.0. The summed E-state index contributed by atoms with van der Waals surface area (Å²) < 4.78 is 5.20. The number of amides is 2. The topological polar surface area (TPSA) is 88.6 Å². The summed E-state index contributed by atoms with van der Waals surface area (Å²) in [4.78, 5) is 43.0. The Morgan fingerprint density at radius 3 is 2.30 bits per heavy atom. The first kappa shape index (κ1) is 21.3. The van der Waals surface area contributed by atoms with Crippen molar-refractivity contribution in [1.82, 2.24) is 9.88 Å². The predicted molar refractivity (Wildman–Crippen MR) is 105 cm³/mol. The molecule has 1 N–H and O–H groups in total. The van der Waals surface area contributed by atoms with Crippen LogP contribution in [0.3, 0.4) is 0 Å². The van der Waals surface area contributed by atoms with Gasteiger partial charge in [-0.1, -0.05) is 0 Å². The molecule has 27 heavy (non-hydrogen) atoms. The van der Waals surface area contributed by atoms with Gasteiger partial charge in [0.15, 0.2) is 5.13 Å². The zero-order chi connectivity index (χ0) is 20.6. The summed E-state index contributed by atoms with van der Waals surface area (Å²) in [6, 6.07) is 0. The largest absolute Gasteiger partial charge is 0.444 e. The minimum atomic E-state index is -0.594. The van der Waals surface area contributed by atoms with Gasteiger partial charge in [0.05, 0.1) is 12.1 Å². The Morgan fingerprint density at radius 2 is 1.78 bits per heavy atom. The van der Waals surface area contributed by atoms with E-state index in [1.807, 2.05) is 32.6 Å². The smallest absolute Gasteiger partial charge is 0.413 e. The van der Waals surface area contributed by atoms with Crippen molar-refractivity contribution in [1.29, 1.82) is 0 Å². The van der Waals surface area contributed by atoms with Crippen LogP contribution in [0, 0.1) is 0 Å². The molecule has 1 saturated heterocycles. The highest BCUT2D eigenvalue weighted by molar-refractivity contribution is 7.13. The van der Waals surface area contributed by atoms with Crippen LogP contribution >= 0.6 is 11.3 Å².